The zero-order valence-electron chi connectivity index (χ0n) is 12.0. The second-order valence-corrected chi connectivity index (χ2v) is 8.91. The summed E-state index contributed by atoms with van der Waals surface area (Å²) in [7, 11) is -4.00. The van der Waals surface area contributed by atoms with E-state index in [1.54, 1.807) is 0 Å². The van der Waals surface area contributed by atoms with Gasteiger partial charge in [-0.2, -0.15) is 0 Å². The van der Waals surface area contributed by atoms with Gasteiger partial charge >= 0.3 is 7.12 Å². The molecular formula is C9H15BO2Si. The minimum Gasteiger partial charge on any atom is -0.423 e. The molecule has 0 aliphatic heterocycles. The van der Waals surface area contributed by atoms with E-state index in [-0.39, 0.29) is 23.6 Å². The molecule has 0 unspecified atom stereocenters. The van der Waals surface area contributed by atoms with Crippen LogP contribution in [0.25, 0.3) is 0 Å². The Bertz CT molecular complexity index is 460. The molecule has 0 aliphatic carbocycles. The van der Waals surface area contributed by atoms with Crippen LogP contribution in [0.15, 0.2) is 24.2 Å². The second kappa shape index (κ2) is 3.66. The predicted molar refractivity (Wildman–Crippen MR) is 59.2 cm³/mol. The molecule has 70 valence electrons. The summed E-state index contributed by atoms with van der Waals surface area (Å²) < 4.78 is 30.9. The summed E-state index contributed by atoms with van der Waals surface area (Å²) >= 11 is 0. The first-order valence-electron chi connectivity index (χ1n) is 6.06. The average Bonchev–Trinajstić information content (AvgIpc) is 2.11. The highest BCUT2D eigenvalue weighted by atomic mass is 28.3. The highest BCUT2D eigenvalue weighted by molar-refractivity contribution is 6.89. The summed E-state index contributed by atoms with van der Waals surface area (Å²) in [5, 5.41) is 18.7. The molecule has 2 N–H and O–H groups in total. The van der Waals surface area contributed by atoms with Crippen LogP contribution in [0.3, 0.4) is 0 Å². The Morgan fingerprint density at radius 3 is 2.38 bits per heavy atom. The lowest BCUT2D eigenvalue weighted by molar-refractivity contribution is 0.426. The van der Waals surface area contributed by atoms with E-state index >= 15 is 0 Å². The van der Waals surface area contributed by atoms with Gasteiger partial charge in [0.2, 0.25) is 0 Å². The molecule has 0 aliphatic rings. The predicted octanol–water partition coefficient (Wildman–Crippen LogP) is -0.0884. The standard InChI is InChI=1S/C9H15BO2Si/c1-13(2,3)9-6-4-5-8(7-9)10(11)12/h4-7,11-12H,1-3H3/i4D,5D,6D,7D. The number of hydrogen-bond donors (Lipinski definition) is 2. The molecule has 0 spiro atoms. The van der Waals surface area contributed by atoms with Gasteiger partial charge < -0.3 is 10.0 Å². The zero-order valence-corrected chi connectivity index (χ0v) is 8.97. The van der Waals surface area contributed by atoms with Crippen LogP contribution in [0.1, 0.15) is 5.48 Å². The van der Waals surface area contributed by atoms with Crippen LogP contribution >= 0.6 is 0 Å². The van der Waals surface area contributed by atoms with Crippen molar-refractivity contribution in [3.63, 3.8) is 0 Å². The highest BCUT2D eigenvalue weighted by Crippen LogP contribution is 2.00. The van der Waals surface area contributed by atoms with Crippen molar-refractivity contribution in [1.29, 1.82) is 0 Å². The molecule has 1 aromatic carbocycles. The zero-order chi connectivity index (χ0) is 13.5. The van der Waals surface area contributed by atoms with Crippen LogP contribution < -0.4 is 10.6 Å². The first kappa shape index (κ1) is 6.01. The third kappa shape index (κ3) is 2.69. The van der Waals surface area contributed by atoms with Crippen LogP contribution in [0.5, 0.6) is 0 Å². The molecule has 4 heteroatoms. The minimum absolute atomic E-state index is 0.136. The molecular weight excluding hydrogens is 179 g/mol. The van der Waals surface area contributed by atoms with Gasteiger partial charge in [-0.3, -0.25) is 0 Å². The summed E-state index contributed by atoms with van der Waals surface area (Å²) in [4.78, 5) is 0. The molecule has 0 saturated carbocycles. The smallest absolute Gasteiger partial charge is 0.423 e. The summed E-state index contributed by atoms with van der Waals surface area (Å²) in [5.41, 5.74) is -0.275. The van der Waals surface area contributed by atoms with Gasteiger partial charge in [0, 0.05) is 0 Å². The molecule has 2 nitrogen and oxygen atoms in total. The third-order valence-electron chi connectivity index (χ3n) is 1.65. The SMILES string of the molecule is [2H]c1c([2H])c(B(O)O)c([2H])c([Si](C)(C)C)c1[2H]. The maximum atomic E-state index is 9.18. The second-order valence-electron chi connectivity index (χ2n) is 3.91. The Kier molecular flexibility index (Phi) is 1.69. The van der Waals surface area contributed by atoms with E-state index in [1.165, 1.54) is 0 Å². The largest absolute Gasteiger partial charge is 0.488 e. The monoisotopic (exact) mass is 198 g/mol. The lowest BCUT2D eigenvalue weighted by atomic mass is 9.80. The highest BCUT2D eigenvalue weighted by Gasteiger charge is 2.18. The normalized spacial score (nSPS) is 15.8. The van der Waals surface area contributed by atoms with Crippen LogP contribution in [-0.2, 0) is 0 Å². The van der Waals surface area contributed by atoms with Gasteiger partial charge in [-0.15, -0.1) is 0 Å². The van der Waals surface area contributed by atoms with E-state index in [9.17, 15) is 10.0 Å². The maximum absolute atomic E-state index is 9.18. The van der Waals surface area contributed by atoms with Gasteiger partial charge in [-0.1, -0.05) is 49.0 Å². The van der Waals surface area contributed by atoms with Crippen molar-refractivity contribution >= 4 is 25.8 Å². The fraction of sp³-hybridized carbons (Fsp3) is 0.333. The van der Waals surface area contributed by atoms with Crippen molar-refractivity contribution in [2.75, 3.05) is 0 Å². The number of rotatable bonds is 2. The Balaban J connectivity index is 3.75. The summed E-state index contributed by atoms with van der Waals surface area (Å²) in [6.07, 6.45) is 0. The number of benzene rings is 1. The van der Waals surface area contributed by atoms with Crippen LogP contribution in [-0.4, -0.2) is 25.2 Å². The maximum Gasteiger partial charge on any atom is 0.488 e. The van der Waals surface area contributed by atoms with E-state index in [0.29, 0.717) is 5.19 Å². The average molecular weight is 198 g/mol. The molecule has 0 fully saturated rings. The molecule has 0 amide bonds. The van der Waals surface area contributed by atoms with Crippen molar-refractivity contribution < 1.29 is 15.5 Å². The van der Waals surface area contributed by atoms with E-state index in [4.69, 9.17) is 5.48 Å². The van der Waals surface area contributed by atoms with Crippen molar-refractivity contribution in [3.8, 4) is 0 Å². The Morgan fingerprint density at radius 1 is 1.31 bits per heavy atom. The third-order valence-corrected chi connectivity index (χ3v) is 3.40. The summed E-state index contributed by atoms with van der Waals surface area (Å²) in [6.45, 7) is 5.74. The lowest BCUT2D eigenvalue weighted by Gasteiger charge is -2.17. The molecule has 0 radical (unpaired) electrons. The molecule has 13 heavy (non-hydrogen) atoms. The molecule has 0 heterocycles. The van der Waals surface area contributed by atoms with Crippen LogP contribution in [0.4, 0.5) is 0 Å². The molecule has 0 bridgehead atoms. The summed E-state index contributed by atoms with van der Waals surface area (Å²) in [6, 6.07) is -1.10. The van der Waals surface area contributed by atoms with Gasteiger partial charge in [0.1, 0.15) is 0 Å². The first-order valence-corrected chi connectivity index (χ1v) is 7.56. The lowest BCUT2D eigenvalue weighted by Crippen LogP contribution is -2.42. The van der Waals surface area contributed by atoms with E-state index in [2.05, 4.69) is 0 Å². The quantitative estimate of drug-likeness (QED) is 0.652. The Morgan fingerprint density at radius 2 is 1.92 bits per heavy atom. The molecule has 0 atom stereocenters. The minimum atomic E-state index is -2.05. The molecule has 0 aromatic heterocycles. The van der Waals surface area contributed by atoms with Crippen molar-refractivity contribution in [1.82, 2.24) is 0 Å². The van der Waals surface area contributed by atoms with Gasteiger partial charge in [0.15, 0.2) is 0 Å². The van der Waals surface area contributed by atoms with E-state index in [0.717, 1.165) is 0 Å². The molecule has 0 saturated heterocycles. The number of hydrogen-bond acceptors (Lipinski definition) is 2. The topological polar surface area (TPSA) is 40.5 Å². The molecule has 1 rings (SSSR count). The van der Waals surface area contributed by atoms with Crippen molar-refractivity contribution in [3.05, 3.63) is 24.2 Å². The van der Waals surface area contributed by atoms with Crippen molar-refractivity contribution in [2.45, 2.75) is 19.6 Å². The Labute approximate surface area is 86.0 Å². The van der Waals surface area contributed by atoms with E-state index < -0.39 is 21.2 Å². The van der Waals surface area contributed by atoms with Gasteiger partial charge in [-0.05, 0) is 5.46 Å². The van der Waals surface area contributed by atoms with E-state index in [1.807, 2.05) is 19.6 Å². The van der Waals surface area contributed by atoms with Gasteiger partial charge in [0.25, 0.3) is 0 Å². The fourth-order valence-electron chi connectivity index (χ4n) is 0.862. The first-order chi connectivity index (χ1) is 7.59. The van der Waals surface area contributed by atoms with Crippen LogP contribution in [0.2, 0.25) is 19.6 Å². The summed E-state index contributed by atoms with van der Waals surface area (Å²) in [5.74, 6) is 0. The molecule has 1 aromatic rings. The fourth-order valence-corrected chi connectivity index (χ4v) is 1.81. The van der Waals surface area contributed by atoms with Crippen molar-refractivity contribution in [2.24, 2.45) is 0 Å². The Hall–Kier alpha value is -0.578. The van der Waals surface area contributed by atoms with Gasteiger partial charge in [-0.25, -0.2) is 0 Å². The van der Waals surface area contributed by atoms with Gasteiger partial charge in [0.05, 0.1) is 13.6 Å². The van der Waals surface area contributed by atoms with Crippen LogP contribution in [0, 0.1) is 0 Å².